The summed E-state index contributed by atoms with van der Waals surface area (Å²) in [5.41, 5.74) is 4.88. The number of piperazine rings is 1. The van der Waals surface area contributed by atoms with Gasteiger partial charge in [0.25, 0.3) is 5.91 Å². The first kappa shape index (κ1) is 20.2. The van der Waals surface area contributed by atoms with Crippen LogP contribution < -0.4 is 0 Å². The smallest absolute Gasteiger partial charge is 0.274 e. The molecule has 2 saturated heterocycles. The van der Waals surface area contributed by atoms with Gasteiger partial charge in [-0.3, -0.25) is 14.6 Å². The summed E-state index contributed by atoms with van der Waals surface area (Å²) in [5, 5.41) is 0.655. The molecule has 0 aliphatic carbocycles. The molecule has 0 N–H and O–H groups in total. The Balaban J connectivity index is 1.32. The van der Waals surface area contributed by atoms with E-state index >= 15 is 0 Å². The van der Waals surface area contributed by atoms with E-state index < -0.39 is 0 Å². The maximum absolute atomic E-state index is 13.7. The highest BCUT2D eigenvalue weighted by molar-refractivity contribution is 6.30. The minimum atomic E-state index is 0.0221. The zero-order chi connectivity index (χ0) is 21.7. The first-order chi connectivity index (χ1) is 15.7. The van der Waals surface area contributed by atoms with Crippen molar-refractivity contribution in [2.75, 3.05) is 32.7 Å². The van der Waals surface area contributed by atoms with E-state index in [1.807, 2.05) is 33.7 Å². The number of carbonyl (C=O) groups excluding carboxylic acids is 1. The summed E-state index contributed by atoms with van der Waals surface area (Å²) in [5.74, 6) is 0.0221. The third-order valence-corrected chi connectivity index (χ3v) is 7.57. The van der Waals surface area contributed by atoms with E-state index in [9.17, 15) is 4.79 Å². The lowest BCUT2D eigenvalue weighted by molar-refractivity contribution is 0.0722. The van der Waals surface area contributed by atoms with Crippen LogP contribution in [-0.4, -0.2) is 68.8 Å². The summed E-state index contributed by atoms with van der Waals surface area (Å²) in [6.07, 6.45) is 5.35. The molecule has 0 radical (unpaired) electrons. The van der Waals surface area contributed by atoms with Crippen molar-refractivity contribution in [3.63, 3.8) is 0 Å². The molecule has 5 heterocycles. The van der Waals surface area contributed by atoms with E-state index in [2.05, 4.69) is 28.0 Å². The summed E-state index contributed by atoms with van der Waals surface area (Å²) in [7, 11) is 0. The Morgan fingerprint density at radius 1 is 1.06 bits per heavy atom. The van der Waals surface area contributed by atoms with Crippen LogP contribution in [0.2, 0.25) is 5.02 Å². The van der Waals surface area contributed by atoms with Crippen molar-refractivity contribution in [1.82, 2.24) is 24.1 Å². The van der Waals surface area contributed by atoms with Gasteiger partial charge in [0, 0.05) is 51.5 Å². The Kier molecular flexibility index (Phi) is 5.17. The van der Waals surface area contributed by atoms with Crippen molar-refractivity contribution in [3.05, 3.63) is 70.1 Å². The molecule has 32 heavy (non-hydrogen) atoms. The van der Waals surface area contributed by atoms with Gasteiger partial charge in [-0.15, -0.1) is 0 Å². The Hall–Kier alpha value is -2.41. The van der Waals surface area contributed by atoms with E-state index in [1.165, 1.54) is 30.5 Å². The van der Waals surface area contributed by atoms with E-state index in [-0.39, 0.29) is 5.91 Å². The average molecular weight is 450 g/mol. The molecule has 0 bridgehead atoms. The number of nitrogens with zero attached hydrogens (tertiary/aromatic N) is 5. The van der Waals surface area contributed by atoms with Gasteiger partial charge in [0.15, 0.2) is 5.69 Å². The van der Waals surface area contributed by atoms with Crippen molar-refractivity contribution in [1.29, 1.82) is 0 Å². The topological polar surface area (TPSA) is 44.1 Å². The number of carbonyl (C=O) groups is 1. The SMILES string of the molecule is O=C(c1nc2ccc(Cl)cn2c1CN1CCN2CCC[C@H]2C1)N1CCc2ccccc2C1. The Morgan fingerprint density at radius 2 is 1.94 bits per heavy atom. The Bertz CT molecular complexity index is 1170. The second kappa shape index (κ2) is 8.18. The summed E-state index contributed by atoms with van der Waals surface area (Å²) in [6, 6.07) is 12.8. The highest BCUT2D eigenvalue weighted by Gasteiger charge is 2.33. The van der Waals surface area contributed by atoms with Crippen LogP contribution in [0.5, 0.6) is 0 Å². The number of rotatable bonds is 3. The van der Waals surface area contributed by atoms with E-state index in [0.717, 1.165) is 50.5 Å². The Morgan fingerprint density at radius 3 is 2.84 bits per heavy atom. The van der Waals surface area contributed by atoms with Gasteiger partial charge in [0.1, 0.15) is 5.65 Å². The maximum atomic E-state index is 13.7. The number of aromatic nitrogens is 2. The highest BCUT2D eigenvalue weighted by Crippen LogP contribution is 2.26. The lowest BCUT2D eigenvalue weighted by Crippen LogP contribution is -2.49. The van der Waals surface area contributed by atoms with E-state index in [1.54, 1.807) is 0 Å². The molecule has 2 fully saturated rings. The third kappa shape index (κ3) is 3.60. The normalized spacial score (nSPS) is 21.7. The molecule has 6 rings (SSSR count). The molecule has 1 atom stereocenters. The summed E-state index contributed by atoms with van der Waals surface area (Å²) in [4.78, 5) is 25.5. The molecule has 0 unspecified atom stereocenters. The monoisotopic (exact) mass is 449 g/mol. The van der Waals surface area contributed by atoms with Gasteiger partial charge in [-0.05, 0) is 49.1 Å². The highest BCUT2D eigenvalue weighted by atomic mass is 35.5. The zero-order valence-corrected chi connectivity index (χ0v) is 19.0. The van der Waals surface area contributed by atoms with Crippen LogP contribution in [-0.2, 0) is 19.5 Å². The summed E-state index contributed by atoms with van der Waals surface area (Å²) < 4.78 is 2.02. The number of halogens is 1. The number of imidazole rings is 1. The minimum absolute atomic E-state index is 0.0221. The first-order valence-corrected chi connectivity index (χ1v) is 12.0. The molecule has 3 aromatic rings. The first-order valence-electron chi connectivity index (χ1n) is 11.6. The molecule has 3 aliphatic heterocycles. The molecular weight excluding hydrogens is 422 g/mol. The summed E-state index contributed by atoms with van der Waals surface area (Å²) >= 11 is 6.34. The number of hydrogen-bond acceptors (Lipinski definition) is 4. The predicted molar refractivity (Wildman–Crippen MR) is 125 cm³/mol. The fourth-order valence-electron chi connectivity index (χ4n) is 5.62. The van der Waals surface area contributed by atoms with Crippen LogP contribution in [0.3, 0.4) is 0 Å². The average Bonchev–Trinajstić information content (AvgIpc) is 3.42. The fraction of sp³-hybridized carbons (Fsp3) is 0.440. The van der Waals surface area contributed by atoms with Gasteiger partial charge in [0.2, 0.25) is 0 Å². The van der Waals surface area contributed by atoms with Crippen LogP contribution >= 0.6 is 11.6 Å². The quantitative estimate of drug-likeness (QED) is 0.614. The van der Waals surface area contributed by atoms with Crippen molar-refractivity contribution in [2.24, 2.45) is 0 Å². The molecule has 6 nitrogen and oxygen atoms in total. The van der Waals surface area contributed by atoms with Gasteiger partial charge < -0.3 is 9.30 Å². The lowest BCUT2D eigenvalue weighted by atomic mass is 9.99. The molecule has 1 aromatic carbocycles. The van der Waals surface area contributed by atoms with Gasteiger partial charge >= 0.3 is 0 Å². The molecule has 0 spiro atoms. The number of benzene rings is 1. The molecule has 0 saturated carbocycles. The third-order valence-electron chi connectivity index (χ3n) is 7.35. The molecule has 166 valence electrons. The molecule has 2 aromatic heterocycles. The predicted octanol–water partition coefficient (Wildman–Crippen LogP) is 3.47. The fourth-order valence-corrected chi connectivity index (χ4v) is 5.78. The second-order valence-electron chi connectivity index (χ2n) is 9.30. The van der Waals surface area contributed by atoms with Gasteiger partial charge in [-0.2, -0.15) is 0 Å². The van der Waals surface area contributed by atoms with Crippen molar-refractivity contribution in [2.45, 2.75) is 38.4 Å². The molecule has 1 amide bonds. The zero-order valence-electron chi connectivity index (χ0n) is 18.2. The van der Waals surface area contributed by atoms with Crippen molar-refractivity contribution >= 4 is 23.2 Å². The maximum Gasteiger partial charge on any atom is 0.274 e. The van der Waals surface area contributed by atoms with Gasteiger partial charge in [-0.25, -0.2) is 4.98 Å². The van der Waals surface area contributed by atoms with E-state index in [0.29, 0.717) is 23.3 Å². The number of amides is 1. The van der Waals surface area contributed by atoms with Crippen LogP contribution in [0.1, 0.15) is 40.2 Å². The van der Waals surface area contributed by atoms with Gasteiger partial charge in [0.05, 0.1) is 10.7 Å². The number of hydrogen-bond donors (Lipinski definition) is 0. The van der Waals surface area contributed by atoms with Crippen LogP contribution in [0.25, 0.3) is 5.65 Å². The minimum Gasteiger partial charge on any atom is -0.333 e. The van der Waals surface area contributed by atoms with Gasteiger partial charge in [-0.1, -0.05) is 35.9 Å². The molecule has 7 heteroatoms. The molecule has 3 aliphatic rings. The van der Waals surface area contributed by atoms with Crippen LogP contribution in [0.15, 0.2) is 42.6 Å². The van der Waals surface area contributed by atoms with E-state index in [4.69, 9.17) is 16.6 Å². The van der Waals surface area contributed by atoms with Crippen LogP contribution in [0.4, 0.5) is 0 Å². The van der Waals surface area contributed by atoms with Crippen molar-refractivity contribution in [3.8, 4) is 0 Å². The van der Waals surface area contributed by atoms with Crippen molar-refractivity contribution < 1.29 is 4.79 Å². The number of pyridine rings is 1. The number of fused-ring (bicyclic) bond motifs is 3. The largest absolute Gasteiger partial charge is 0.333 e. The molecular formula is C25H28ClN5O. The standard InChI is InChI=1S/C25H28ClN5O/c26-20-7-8-23-27-24(25(32)30-11-9-18-4-1-2-5-19(18)14-30)22(31(23)15-20)17-28-12-13-29-10-3-6-21(29)16-28/h1-2,4-5,7-8,15,21H,3,6,9-14,16-17H2/t21-/m0/s1. The Labute approximate surface area is 193 Å². The lowest BCUT2D eigenvalue weighted by Gasteiger charge is -2.37. The summed E-state index contributed by atoms with van der Waals surface area (Å²) in [6.45, 7) is 6.50. The second-order valence-corrected chi connectivity index (χ2v) is 9.73. The van der Waals surface area contributed by atoms with Crippen LogP contribution in [0, 0.1) is 0 Å².